The van der Waals surface area contributed by atoms with Gasteiger partial charge in [-0.3, -0.25) is 4.90 Å². The van der Waals surface area contributed by atoms with E-state index in [1.165, 1.54) is 0 Å². The van der Waals surface area contributed by atoms with Crippen LogP contribution < -0.4 is 5.32 Å². The van der Waals surface area contributed by atoms with E-state index in [9.17, 15) is 0 Å². The van der Waals surface area contributed by atoms with Gasteiger partial charge < -0.3 is 14.6 Å². The van der Waals surface area contributed by atoms with Crippen molar-refractivity contribution in [2.24, 2.45) is 0 Å². The molecule has 84 valence electrons. The average Bonchev–Trinajstić information content (AvgIpc) is 2.79. The predicted molar refractivity (Wildman–Crippen MR) is 55.5 cm³/mol. The van der Waals surface area contributed by atoms with Crippen LogP contribution in [0.25, 0.3) is 0 Å². The second-order valence-electron chi connectivity index (χ2n) is 3.66. The van der Waals surface area contributed by atoms with Crippen molar-refractivity contribution >= 4 is 0 Å². The van der Waals surface area contributed by atoms with Gasteiger partial charge in [-0.1, -0.05) is 5.16 Å². The Labute approximate surface area is 89.4 Å². The minimum atomic E-state index is 0.827. The van der Waals surface area contributed by atoms with E-state index in [4.69, 9.17) is 9.26 Å². The van der Waals surface area contributed by atoms with Gasteiger partial charge in [0.1, 0.15) is 6.26 Å². The molecule has 1 fully saturated rings. The van der Waals surface area contributed by atoms with Crippen LogP contribution in [0.2, 0.25) is 0 Å². The highest BCUT2D eigenvalue weighted by Crippen LogP contribution is 1.96. The lowest BCUT2D eigenvalue weighted by Gasteiger charge is -2.26. The molecule has 2 rings (SSSR count). The van der Waals surface area contributed by atoms with E-state index < -0.39 is 0 Å². The topological polar surface area (TPSA) is 50.5 Å². The molecular weight excluding hydrogens is 194 g/mol. The van der Waals surface area contributed by atoms with Crippen LogP contribution in [0, 0.1) is 0 Å². The molecule has 2 heterocycles. The van der Waals surface area contributed by atoms with Gasteiger partial charge >= 0.3 is 0 Å². The van der Waals surface area contributed by atoms with Crippen LogP contribution >= 0.6 is 0 Å². The van der Waals surface area contributed by atoms with Crippen molar-refractivity contribution in [3.05, 3.63) is 18.0 Å². The molecule has 0 radical (unpaired) electrons. The van der Waals surface area contributed by atoms with Gasteiger partial charge in [0.2, 0.25) is 0 Å². The number of aromatic nitrogens is 1. The number of hydrogen-bond donors (Lipinski definition) is 1. The Hall–Kier alpha value is -0.910. The highest BCUT2D eigenvalue weighted by Gasteiger charge is 2.08. The summed E-state index contributed by atoms with van der Waals surface area (Å²) in [5.74, 6) is 0. The van der Waals surface area contributed by atoms with Crippen molar-refractivity contribution in [1.82, 2.24) is 15.4 Å². The predicted octanol–water partition coefficient (Wildman–Crippen LogP) is 0.0964. The van der Waals surface area contributed by atoms with Crippen molar-refractivity contribution in [2.45, 2.75) is 6.54 Å². The highest BCUT2D eigenvalue weighted by atomic mass is 16.5. The van der Waals surface area contributed by atoms with Crippen LogP contribution in [0.4, 0.5) is 0 Å². The summed E-state index contributed by atoms with van der Waals surface area (Å²) in [6.07, 6.45) is 3.41. The maximum atomic E-state index is 5.28. The van der Waals surface area contributed by atoms with Crippen molar-refractivity contribution < 1.29 is 9.26 Å². The molecule has 0 spiro atoms. The standard InChI is InChI=1S/C10H17N3O2/c1(2-13-3-5-14-6-4-13)11-7-10-8-12-15-9-10/h8-9,11H,1-7H2. The molecule has 1 aliphatic rings. The number of rotatable bonds is 5. The van der Waals surface area contributed by atoms with Crippen LogP contribution in [-0.2, 0) is 11.3 Å². The van der Waals surface area contributed by atoms with E-state index in [-0.39, 0.29) is 0 Å². The number of nitrogens with one attached hydrogen (secondary N) is 1. The number of morpholine rings is 1. The first kappa shape index (κ1) is 10.6. The zero-order valence-corrected chi connectivity index (χ0v) is 8.82. The van der Waals surface area contributed by atoms with Gasteiger partial charge in [-0.25, -0.2) is 0 Å². The Kier molecular flexibility index (Phi) is 4.13. The smallest absolute Gasteiger partial charge is 0.128 e. The zero-order chi connectivity index (χ0) is 10.3. The van der Waals surface area contributed by atoms with E-state index in [1.807, 2.05) is 0 Å². The molecule has 5 nitrogen and oxygen atoms in total. The first-order valence-corrected chi connectivity index (χ1v) is 5.34. The van der Waals surface area contributed by atoms with Crippen LogP contribution in [0.5, 0.6) is 0 Å². The van der Waals surface area contributed by atoms with Gasteiger partial charge in [-0.2, -0.15) is 0 Å². The summed E-state index contributed by atoms with van der Waals surface area (Å²) in [4.78, 5) is 2.41. The first-order valence-electron chi connectivity index (χ1n) is 5.34. The third kappa shape index (κ3) is 3.62. The van der Waals surface area contributed by atoms with Crippen LogP contribution in [-0.4, -0.2) is 49.4 Å². The maximum Gasteiger partial charge on any atom is 0.128 e. The summed E-state index contributed by atoms with van der Waals surface area (Å²) in [5, 5.41) is 7.00. The molecule has 1 aromatic heterocycles. The second-order valence-corrected chi connectivity index (χ2v) is 3.66. The van der Waals surface area contributed by atoms with Gasteiger partial charge in [-0.05, 0) is 0 Å². The Morgan fingerprint density at radius 1 is 1.40 bits per heavy atom. The molecule has 0 aliphatic carbocycles. The fourth-order valence-corrected chi connectivity index (χ4v) is 1.61. The highest BCUT2D eigenvalue weighted by molar-refractivity contribution is 4.98. The first-order chi connectivity index (χ1) is 7.45. The van der Waals surface area contributed by atoms with E-state index in [1.54, 1.807) is 12.5 Å². The third-order valence-corrected chi connectivity index (χ3v) is 2.52. The van der Waals surface area contributed by atoms with E-state index in [0.717, 1.165) is 51.5 Å². The molecule has 0 bridgehead atoms. The van der Waals surface area contributed by atoms with Crippen molar-refractivity contribution in [1.29, 1.82) is 0 Å². The Morgan fingerprint density at radius 2 is 2.27 bits per heavy atom. The summed E-state index contributed by atoms with van der Waals surface area (Å²) in [6.45, 7) is 6.73. The van der Waals surface area contributed by atoms with E-state index in [2.05, 4.69) is 15.4 Å². The van der Waals surface area contributed by atoms with Gasteiger partial charge in [0.15, 0.2) is 0 Å². The Balaban J connectivity index is 1.54. The molecule has 5 heteroatoms. The molecule has 15 heavy (non-hydrogen) atoms. The van der Waals surface area contributed by atoms with Gasteiger partial charge in [0.25, 0.3) is 0 Å². The zero-order valence-electron chi connectivity index (χ0n) is 8.82. The summed E-state index contributed by atoms with van der Waals surface area (Å²) >= 11 is 0. The van der Waals surface area contributed by atoms with Crippen LogP contribution in [0.15, 0.2) is 17.0 Å². The van der Waals surface area contributed by atoms with Gasteiger partial charge in [-0.15, -0.1) is 0 Å². The minimum absolute atomic E-state index is 0.827. The normalized spacial score (nSPS) is 18.1. The average molecular weight is 211 g/mol. The van der Waals surface area contributed by atoms with Crippen LogP contribution in [0.3, 0.4) is 0 Å². The number of ether oxygens (including phenoxy) is 1. The molecule has 0 atom stereocenters. The van der Waals surface area contributed by atoms with Crippen molar-refractivity contribution in [3.8, 4) is 0 Å². The molecule has 0 saturated carbocycles. The minimum Gasteiger partial charge on any atom is -0.379 e. The van der Waals surface area contributed by atoms with Crippen molar-refractivity contribution in [2.75, 3.05) is 39.4 Å². The molecule has 1 aromatic rings. The van der Waals surface area contributed by atoms with Gasteiger partial charge in [0, 0.05) is 38.3 Å². The van der Waals surface area contributed by atoms with Crippen LogP contribution in [0.1, 0.15) is 5.56 Å². The molecule has 1 N–H and O–H groups in total. The maximum absolute atomic E-state index is 5.28. The van der Waals surface area contributed by atoms with E-state index in [0.29, 0.717) is 0 Å². The van der Waals surface area contributed by atoms with Gasteiger partial charge in [0.05, 0.1) is 19.4 Å². The van der Waals surface area contributed by atoms with E-state index >= 15 is 0 Å². The molecule has 1 saturated heterocycles. The monoisotopic (exact) mass is 211 g/mol. The Bertz CT molecular complexity index is 258. The Morgan fingerprint density at radius 3 is 3.00 bits per heavy atom. The SMILES string of the molecule is c1nocc1CNCCN1CCOCC1. The number of nitrogens with zero attached hydrogens (tertiary/aromatic N) is 2. The molecular formula is C10H17N3O2. The molecule has 1 aliphatic heterocycles. The quantitative estimate of drug-likeness (QED) is 0.700. The molecule has 0 aromatic carbocycles. The largest absolute Gasteiger partial charge is 0.379 e. The summed E-state index contributed by atoms with van der Waals surface area (Å²) < 4.78 is 10.0. The lowest BCUT2D eigenvalue weighted by atomic mass is 10.3. The summed E-state index contributed by atoms with van der Waals surface area (Å²) in [5.41, 5.74) is 1.09. The lowest BCUT2D eigenvalue weighted by molar-refractivity contribution is 0.0384. The molecule has 0 unspecified atom stereocenters. The number of hydrogen-bond acceptors (Lipinski definition) is 5. The fraction of sp³-hybridized carbons (Fsp3) is 0.700. The second kappa shape index (κ2) is 5.85. The third-order valence-electron chi connectivity index (χ3n) is 2.52. The fourth-order valence-electron chi connectivity index (χ4n) is 1.61. The molecule has 0 amide bonds. The van der Waals surface area contributed by atoms with Crippen molar-refractivity contribution in [3.63, 3.8) is 0 Å². The summed E-state index contributed by atoms with van der Waals surface area (Å²) in [6, 6.07) is 0. The summed E-state index contributed by atoms with van der Waals surface area (Å²) in [7, 11) is 0. The lowest BCUT2D eigenvalue weighted by Crippen LogP contribution is -2.40.